The Morgan fingerprint density at radius 1 is 1.54 bits per heavy atom. The fourth-order valence-corrected chi connectivity index (χ4v) is 1.45. The molecule has 0 fully saturated rings. The molecule has 1 aromatic heterocycles. The molecule has 1 rings (SSSR count). The number of hydrogen-bond acceptors (Lipinski definition) is 3. The van der Waals surface area contributed by atoms with E-state index in [4.69, 9.17) is 10.3 Å². The van der Waals surface area contributed by atoms with E-state index in [2.05, 4.69) is 19.3 Å². The zero-order valence-corrected chi connectivity index (χ0v) is 8.29. The highest BCUT2D eigenvalue weighted by Gasteiger charge is 2.10. The van der Waals surface area contributed by atoms with Crippen LogP contribution in [0.2, 0.25) is 0 Å². The average Bonchev–Trinajstić information content (AvgIpc) is 2.55. The van der Waals surface area contributed by atoms with Gasteiger partial charge in [-0.2, -0.15) is 0 Å². The van der Waals surface area contributed by atoms with Crippen LogP contribution in [-0.2, 0) is 6.42 Å². The van der Waals surface area contributed by atoms with Crippen LogP contribution in [0.25, 0.3) is 0 Å². The molecule has 0 bridgehead atoms. The van der Waals surface area contributed by atoms with E-state index >= 15 is 0 Å². The number of furan rings is 1. The maximum absolute atomic E-state index is 5.45. The quantitative estimate of drug-likeness (QED) is 0.538. The van der Waals surface area contributed by atoms with Crippen molar-refractivity contribution in [3.63, 3.8) is 0 Å². The molecule has 0 radical (unpaired) electrons. The number of nitrogens with one attached hydrogen (secondary N) is 1. The smallest absolute Gasteiger partial charge is 0.105 e. The Kier molecular flexibility index (Phi) is 3.99. The predicted molar refractivity (Wildman–Crippen MR) is 53.0 cm³/mol. The zero-order chi connectivity index (χ0) is 9.68. The lowest BCUT2D eigenvalue weighted by molar-refractivity contribution is 0.391. The molecular formula is C10H18N2O. The topological polar surface area (TPSA) is 51.2 Å². The molecule has 0 aliphatic heterocycles. The van der Waals surface area contributed by atoms with Crippen molar-refractivity contribution in [1.82, 2.24) is 5.43 Å². The van der Waals surface area contributed by atoms with E-state index in [1.807, 2.05) is 12.1 Å². The summed E-state index contributed by atoms with van der Waals surface area (Å²) in [5.74, 6) is 7.08. The molecule has 0 aromatic carbocycles. The average molecular weight is 182 g/mol. The molecule has 3 heteroatoms. The first-order valence-corrected chi connectivity index (χ1v) is 4.71. The normalized spacial score (nSPS) is 13.5. The highest BCUT2D eigenvalue weighted by atomic mass is 16.3. The van der Waals surface area contributed by atoms with Crippen molar-refractivity contribution in [2.45, 2.75) is 32.7 Å². The fourth-order valence-electron chi connectivity index (χ4n) is 1.45. The second-order valence-corrected chi connectivity index (χ2v) is 3.78. The first kappa shape index (κ1) is 10.3. The van der Waals surface area contributed by atoms with E-state index in [0.29, 0.717) is 12.0 Å². The van der Waals surface area contributed by atoms with Crippen molar-refractivity contribution < 1.29 is 4.42 Å². The van der Waals surface area contributed by atoms with E-state index in [1.54, 1.807) is 6.26 Å². The summed E-state index contributed by atoms with van der Waals surface area (Å²) in [5, 5.41) is 0. The van der Waals surface area contributed by atoms with Crippen LogP contribution < -0.4 is 11.3 Å². The van der Waals surface area contributed by atoms with Gasteiger partial charge in [0, 0.05) is 12.5 Å². The summed E-state index contributed by atoms with van der Waals surface area (Å²) in [6, 6.07) is 4.19. The number of hydrazine groups is 1. The van der Waals surface area contributed by atoms with Crippen LogP contribution in [-0.4, -0.2) is 6.04 Å². The molecule has 1 heterocycles. The van der Waals surface area contributed by atoms with E-state index in [9.17, 15) is 0 Å². The molecule has 3 N–H and O–H groups in total. The summed E-state index contributed by atoms with van der Waals surface area (Å²) in [7, 11) is 0. The minimum atomic E-state index is 0.311. The van der Waals surface area contributed by atoms with Gasteiger partial charge in [0.25, 0.3) is 0 Å². The van der Waals surface area contributed by atoms with Crippen molar-refractivity contribution in [2.24, 2.45) is 11.8 Å². The molecule has 0 aliphatic rings. The number of nitrogens with two attached hydrogens (primary N) is 1. The monoisotopic (exact) mass is 182 g/mol. The van der Waals surface area contributed by atoms with Crippen molar-refractivity contribution in [3.8, 4) is 0 Å². The molecule has 0 spiro atoms. The van der Waals surface area contributed by atoms with Gasteiger partial charge < -0.3 is 4.42 Å². The highest BCUT2D eigenvalue weighted by molar-refractivity contribution is 5.00. The van der Waals surface area contributed by atoms with Crippen molar-refractivity contribution in [2.75, 3.05) is 0 Å². The Balaban J connectivity index is 2.40. The van der Waals surface area contributed by atoms with Gasteiger partial charge in [0.2, 0.25) is 0 Å². The molecular weight excluding hydrogens is 164 g/mol. The number of hydrogen-bond donors (Lipinski definition) is 2. The second kappa shape index (κ2) is 5.04. The maximum Gasteiger partial charge on any atom is 0.105 e. The molecule has 0 aliphatic carbocycles. The Hall–Kier alpha value is -0.800. The van der Waals surface area contributed by atoms with Gasteiger partial charge in [-0.05, 0) is 24.5 Å². The molecule has 0 saturated heterocycles. The van der Waals surface area contributed by atoms with Gasteiger partial charge in [-0.3, -0.25) is 11.3 Å². The molecule has 1 atom stereocenters. The Bertz CT molecular complexity index is 219. The molecule has 3 nitrogen and oxygen atoms in total. The molecule has 13 heavy (non-hydrogen) atoms. The summed E-state index contributed by atoms with van der Waals surface area (Å²) in [6.45, 7) is 4.37. The minimum absolute atomic E-state index is 0.311. The first-order chi connectivity index (χ1) is 6.22. The van der Waals surface area contributed by atoms with Crippen LogP contribution in [0, 0.1) is 5.92 Å². The molecule has 0 amide bonds. The summed E-state index contributed by atoms with van der Waals surface area (Å²) in [6.07, 6.45) is 3.62. The zero-order valence-electron chi connectivity index (χ0n) is 8.29. The van der Waals surface area contributed by atoms with Gasteiger partial charge in [0.15, 0.2) is 0 Å². The van der Waals surface area contributed by atoms with Gasteiger partial charge in [-0.15, -0.1) is 0 Å². The SMILES string of the molecule is CC(C)CC(Cc1ccco1)NN. The lowest BCUT2D eigenvalue weighted by atomic mass is 10.0. The maximum atomic E-state index is 5.45. The fraction of sp³-hybridized carbons (Fsp3) is 0.600. The van der Waals surface area contributed by atoms with E-state index in [1.165, 1.54) is 0 Å². The summed E-state index contributed by atoms with van der Waals surface area (Å²) >= 11 is 0. The van der Waals surface area contributed by atoms with Crippen LogP contribution in [0.4, 0.5) is 0 Å². The molecule has 0 saturated carbocycles. The molecule has 74 valence electrons. The van der Waals surface area contributed by atoms with Gasteiger partial charge in [0.05, 0.1) is 6.26 Å². The van der Waals surface area contributed by atoms with Crippen molar-refractivity contribution in [1.29, 1.82) is 0 Å². The lowest BCUT2D eigenvalue weighted by Gasteiger charge is -2.16. The standard InChI is InChI=1S/C10H18N2O/c1-8(2)6-9(12-11)7-10-4-3-5-13-10/h3-5,8-9,12H,6-7,11H2,1-2H3. The van der Waals surface area contributed by atoms with Gasteiger partial charge >= 0.3 is 0 Å². The number of rotatable bonds is 5. The third kappa shape index (κ3) is 3.61. The predicted octanol–water partition coefficient (Wildman–Crippen LogP) is 1.70. The van der Waals surface area contributed by atoms with E-state index in [-0.39, 0.29) is 0 Å². The van der Waals surface area contributed by atoms with Crippen molar-refractivity contribution in [3.05, 3.63) is 24.2 Å². The van der Waals surface area contributed by atoms with Crippen molar-refractivity contribution >= 4 is 0 Å². The van der Waals surface area contributed by atoms with E-state index in [0.717, 1.165) is 18.6 Å². The molecule has 1 aromatic rings. The van der Waals surface area contributed by atoms with Crippen LogP contribution in [0.3, 0.4) is 0 Å². The summed E-state index contributed by atoms with van der Waals surface area (Å²) < 4.78 is 5.25. The molecule has 1 unspecified atom stereocenters. The van der Waals surface area contributed by atoms with Crippen LogP contribution in [0.1, 0.15) is 26.0 Å². The van der Waals surface area contributed by atoms with Gasteiger partial charge in [-0.25, -0.2) is 0 Å². The summed E-state index contributed by atoms with van der Waals surface area (Å²) in [5.41, 5.74) is 2.81. The Morgan fingerprint density at radius 2 is 2.31 bits per heavy atom. The van der Waals surface area contributed by atoms with Gasteiger partial charge in [-0.1, -0.05) is 13.8 Å². The highest BCUT2D eigenvalue weighted by Crippen LogP contribution is 2.10. The first-order valence-electron chi connectivity index (χ1n) is 4.71. The Morgan fingerprint density at radius 3 is 2.77 bits per heavy atom. The Labute approximate surface area is 79.3 Å². The summed E-state index contributed by atoms with van der Waals surface area (Å²) in [4.78, 5) is 0. The van der Waals surface area contributed by atoms with Gasteiger partial charge in [0.1, 0.15) is 5.76 Å². The second-order valence-electron chi connectivity index (χ2n) is 3.78. The minimum Gasteiger partial charge on any atom is -0.469 e. The third-order valence-electron chi connectivity index (χ3n) is 2.02. The van der Waals surface area contributed by atoms with Crippen LogP contribution >= 0.6 is 0 Å². The lowest BCUT2D eigenvalue weighted by Crippen LogP contribution is -2.37. The largest absolute Gasteiger partial charge is 0.469 e. The van der Waals surface area contributed by atoms with Crippen LogP contribution in [0.5, 0.6) is 0 Å². The van der Waals surface area contributed by atoms with E-state index < -0.39 is 0 Å². The van der Waals surface area contributed by atoms with Crippen LogP contribution in [0.15, 0.2) is 22.8 Å². The third-order valence-corrected chi connectivity index (χ3v) is 2.02.